The molecule has 12 heavy (non-hydrogen) atoms. The van der Waals surface area contributed by atoms with E-state index in [0.29, 0.717) is 5.75 Å². The van der Waals surface area contributed by atoms with Crippen LogP contribution in [0.25, 0.3) is 0 Å². The van der Waals surface area contributed by atoms with Gasteiger partial charge in [-0.1, -0.05) is 12.1 Å². The first-order chi connectivity index (χ1) is 5.74. The Morgan fingerprint density at radius 3 is 2.42 bits per heavy atom. The molecule has 3 nitrogen and oxygen atoms in total. The van der Waals surface area contributed by atoms with Gasteiger partial charge in [0, 0.05) is 0 Å². The van der Waals surface area contributed by atoms with Crippen molar-refractivity contribution < 1.29 is 9.84 Å². The summed E-state index contributed by atoms with van der Waals surface area (Å²) in [4.78, 5) is 0. The Labute approximate surface area is 70.8 Å². The Morgan fingerprint density at radius 2 is 2.00 bits per heavy atom. The van der Waals surface area contributed by atoms with Gasteiger partial charge in [0.2, 0.25) is 0 Å². The van der Waals surface area contributed by atoms with Crippen LogP contribution in [-0.2, 0) is 0 Å². The number of hydrogen-bond donors (Lipinski definition) is 1. The van der Waals surface area contributed by atoms with Crippen LogP contribution in [-0.4, -0.2) is 5.11 Å². The van der Waals surface area contributed by atoms with E-state index in [1.807, 2.05) is 0 Å². The van der Waals surface area contributed by atoms with Crippen molar-refractivity contribution in [2.45, 2.75) is 13.0 Å². The third kappa shape index (κ3) is 1.97. The average Bonchev–Trinajstić information content (AvgIpc) is 2.06. The maximum atomic E-state index is 9.14. The van der Waals surface area contributed by atoms with Crippen molar-refractivity contribution in [1.82, 2.24) is 0 Å². The quantitative estimate of drug-likeness (QED) is 0.673. The van der Waals surface area contributed by atoms with E-state index in [-0.39, 0.29) is 0 Å². The molecule has 1 unspecified atom stereocenters. The Morgan fingerprint density at radius 1 is 1.42 bits per heavy atom. The summed E-state index contributed by atoms with van der Waals surface area (Å²) in [5, 5.41) is 17.3. The van der Waals surface area contributed by atoms with Crippen molar-refractivity contribution in [3.8, 4) is 12.0 Å². The topological polar surface area (TPSA) is 53.2 Å². The Kier molecular flexibility index (Phi) is 2.67. The minimum atomic E-state index is -0.485. The van der Waals surface area contributed by atoms with Crippen LogP contribution in [0.2, 0.25) is 0 Å². The van der Waals surface area contributed by atoms with E-state index >= 15 is 0 Å². The van der Waals surface area contributed by atoms with Gasteiger partial charge < -0.3 is 9.84 Å². The molecule has 1 aromatic rings. The van der Waals surface area contributed by atoms with Crippen molar-refractivity contribution in [1.29, 1.82) is 5.26 Å². The van der Waals surface area contributed by atoms with Crippen LogP contribution in [0.1, 0.15) is 18.6 Å². The van der Waals surface area contributed by atoms with E-state index in [0.717, 1.165) is 5.56 Å². The molecule has 0 aliphatic rings. The summed E-state index contributed by atoms with van der Waals surface area (Å²) in [5.41, 5.74) is 0.806. The van der Waals surface area contributed by atoms with Gasteiger partial charge in [-0.25, -0.2) is 0 Å². The van der Waals surface area contributed by atoms with Crippen molar-refractivity contribution in [3.63, 3.8) is 0 Å². The molecule has 1 aromatic carbocycles. The number of aliphatic hydroxyl groups is 1. The monoisotopic (exact) mass is 163 g/mol. The van der Waals surface area contributed by atoms with Gasteiger partial charge in [-0.15, -0.1) is 5.26 Å². The predicted molar refractivity (Wildman–Crippen MR) is 43.3 cm³/mol. The number of hydrogen-bond acceptors (Lipinski definition) is 3. The summed E-state index contributed by atoms with van der Waals surface area (Å²) in [5.74, 6) is 0.488. The fourth-order valence-corrected chi connectivity index (χ4v) is 0.867. The molecule has 1 atom stereocenters. The van der Waals surface area contributed by atoms with E-state index in [1.165, 1.54) is 0 Å². The van der Waals surface area contributed by atoms with Gasteiger partial charge in [-0.3, -0.25) is 0 Å². The van der Waals surface area contributed by atoms with Crippen LogP contribution in [0.15, 0.2) is 24.3 Å². The number of ether oxygens (including phenoxy) is 1. The van der Waals surface area contributed by atoms with Crippen LogP contribution in [0.4, 0.5) is 0 Å². The lowest BCUT2D eigenvalue weighted by Gasteiger charge is -2.03. The number of benzene rings is 1. The number of nitriles is 1. The molecular weight excluding hydrogens is 154 g/mol. The summed E-state index contributed by atoms with van der Waals surface area (Å²) in [7, 11) is 0. The lowest BCUT2D eigenvalue weighted by Crippen LogP contribution is -1.90. The third-order valence-electron chi connectivity index (χ3n) is 1.53. The molecule has 1 rings (SSSR count). The normalized spacial score (nSPS) is 11.8. The first kappa shape index (κ1) is 8.57. The van der Waals surface area contributed by atoms with Crippen LogP contribution in [0, 0.1) is 11.5 Å². The zero-order valence-corrected chi connectivity index (χ0v) is 6.69. The highest BCUT2D eigenvalue weighted by Crippen LogP contribution is 2.16. The second kappa shape index (κ2) is 3.74. The summed E-state index contributed by atoms with van der Waals surface area (Å²) >= 11 is 0. The highest BCUT2D eigenvalue weighted by atomic mass is 16.5. The highest BCUT2D eigenvalue weighted by molar-refractivity contribution is 5.28. The number of aliphatic hydroxyl groups excluding tert-OH is 1. The van der Waals surface area contributed by atoms with Gasteiger partial charge >= 0.3 is 0 Å². The molecule has 0 spiro atoms. The van der Waals surface area contributed by atoms with Gasteiger partial charge in [0.15, 0.2) is 0 Å². The van der Waals surface area contributed by atoms with E-state index in [1.54, 1.807) is 37.4 Å². The highest BCUT2D eigenvalue weighted by Gasteiger charge is 1.99. The lowest BCUT2D eigenvalue weighted by atomic mass is 10.1. The molecule has 0 bridgehead atoms. The zero-order chi connectivity index (χ0) is 8.97. The molecule has 3 heteroatoms. The average molecular weight is 163 g/mol. The van der Waals surface area contributed by atoms with Crippen LogP contribution in [0.5, 0.6) is 5.75 Å². The minimum Gasteiger partial charge on any atom is -0.389 e. The van der Waals surface area contributed by atoms with Gasteiger partial charge in [0.1, 0.15) is 5.75 Å². The second-order valence-electron chi connectivity index (χ2n) is 2.44. The lowest BCUT2D eigenvalue weighted by molar-refractivity contribution is 0.199. The molecular formula is C9H9NO2. The predicted octanol–water partition coefficient (Wildman–Crippen LogP) is 1.60. The largest absolute Gasteiger partial charge is 0.389 e. The van der Waals surface area contributed by atoms with Crippen molar-refractivity contribution in [3.05, 3.63) is 29.8 Å². The van der Waals surface area contributed by atoms with Crippen molar-refractivity contribution in [2.24, 2.45) is 0 Å². The molecule has 1 N–H and O–H groups in total. The van der Waals surface area contributed by atoms with Crippen LogP contribution in [0.3, 0.4) is 0 Å². The number of rotatable bonds is 2. The zero-order valence-electron chi connectivity index (χ0n) is 6.69. The van der Waals surface area contributed by atoms with E-state index in [9.17, 15) is 0 Å². The van der Waals surface area contributed by atoms with Crippen molar-refractivity contribution in [2.75, 3.05) is 0 Å². The SMILES string of the molecule is CC(O)c1ccc(OC#N)cc1. The van der Waals surface area contributed by atoms with E-state index in [4.69, 9.17) is 10.4 Å². The fraction of sp³-hybridized carbons (Fsp3) is 0.222. The molecule has 0 saturated carbocycles. The molecule has 0 aromatic heterocycles. The first-order valence-electron chi connectivity index (χ1n) is 3.58. The summed E-state index contributed by atoms with van der Waals surface area (Å²) in [6.07, 6.45) is 1.09. The second-order valence-corrected chi connectivity index (χ2v) is 2.44. The van der Waals surface area contributed by atoms with Crippen LogP contribution < -0.4 is 4.74 Å². The fourth-order valence-electron chi connectivity index (χ4n) is 0.867. The molecule has 0 radical (unpaired) electrons. The Balaban J connectivity index is 2.80. The van der Waals surface area contributed by atoms with Crippen molar-refractivity contribution >= 4 is 0 Å². The van der Waals surface area contributed by atoms with Gasteiger partial charge in [0.25, 0.3) is 6.26 Å². The summed E-state index contributed by atoms with van der Waals surface area (Å²) in [6.45, 7) is 1.68. The standard InChI is InChI=1S/C9H9NO2/c1-7(11)8-2-4-9(5-3-8)12-6-10/h2-5,7,11H,1H3. The van der Waals surface area contributed by atoms with E-state index < -0.39 is 6.10 Å². The Hall–Kier alpha value is -1.53. The molecule has 0 fully saturated rings. The smallest absolute Gasteiger partial charge is 0.292 e. The summed E-state index contributed by atoms with van der Waals surface area (Å²) < 4.78 is 4.56. The van der Waals surface area contributed by atoms with Gasteiger partial charge in [-0.05, 0) is 24.6 Å². The van der Waals surface area contributed by atoms with E-state index in [2.05, 4.69) is 4.74 Å². The maximum absolute atomic E-state index is 9.14. The molecule has 0 heterocycles. The summed E-state index contributed by atoms with van der Waals surface area (Å²) in [6, 6.07) is 6.73. The molecule has 0 aliphatic heterocycles. The number of nitrogens with zero attached hydrogens (tertiary/aromatic N) is 1. The maximum Gasteiger partial charge on any atom is 0.292 e. The van der Waals surface area contributed by atoms with Gasteiger partial charge in [0.05, 0.1) is 6.10 Å². The van der Waals surface area contributed by atoms with Crippen LogP contribution >= 0.6 is 0 Å². The molecule has 62 valence electrons. The first-order valence-corrected chi connectivity index (χ1v) is 3.58. The molecule has 0 aliphatic carbocycles. The minimum absolute atomic E-state index is 0.485. The molecule has 0 amide bonds. The third-order valence-corrected chi connectivity index (χ3v) is 1.53. The molecule has 0 saturated heterocycles. The van der Waals surface area contributed by atoms with Gasteiger partial charge in [-0.2, -0.15) is 0 Å². The Bertz CT molecular complexity index is 284.